The monoisotopic (exact) mass is 785 g/mol. The summed E-state index contributed by atoms with van der Waals surface area (Å²) >= 11 is 0. The molecule has 2 saturated carbocycles. The van der Waals surface area contributed by atoms with E-state index in [1.165, 1.54) is 6.07 Å². The topological polar surface area (TPSA) is 68.2 Å². The second-order valence-electron chi connectivity index (χ2n) is 13.9. The number of hydrogen-bond donors (Lipinski definition) is 1. The average molecular weight is 786 g/mol. The fourth-order valence-corrected chi connectivity index (χ4v) is 11.1. The van der Waals surface area contributed by atoms with Gasteiger partial charge in [-0.15, -0.1) is 0 Å². The number of alkyl halides is 9. The number of amides is 1. The number of carbonyl (C=O) groups excluding carboxylic acids is 1. The molecule has 0 bridgehead atoms. The molecule has 18 heteroatoms. The van der Waals surface area contributed by atoms with Crippen LogP contribution in [0.1, 0.15) is 75.3 Å². The largest absolute Gasteiger partial charge is 0.435 e. The molecule has 3 fully saturated rings. The Bertz CT molecular complexity index is 1340. The minimum absolute atomic E-state index is 0.0104. The summed E-state index contributed by atoms with van der Waals surface area (Å²) in [4.78, 5) is 14.8. The molecule has 0 radical (unpaired) electrons. The zero-order valence-corrected chi connectivity index (χ0v) is 29.4. The normalized spacial score (nSPS) is 28.5. The number of aliphatic hydroxyl groups is 1. The Balaban J connectivity index is 1.20. The van der Waals surface area contributed by atoms with Crippen molar-refractivity contribution in [3.8, 4) is 5.75 Å². The summed E-state index contributed by atoms with van der Waals surface area (Å²) in [7, 11) is 3.37. The van der Waals surface area contributed by atoms with Gasteiger partial charge < -0.3 is 24.2 Å². The van der Waals surface area contributed by atoms with E-state index in [1.54, 1.807) is 32.6 Å². The lowest BCUT2D eigenvalue weighted by Gasteiger charge is -2.50. The third kappa shape index (κ3) is 7.95. The number of nitrogens with zero attached hydrogens (tertiary/aromatic N) is 1. The van der Waals surface area contributed by atoms with Crippen molar-refractivity contribution >= 4 is 27.7 Å². The highest BCUT2D eigenvalue weighted by atomic mass is 33.1. The molecule has 1 heterocycles. The number of carbonyl (C=O) groups is 1. The zero-order valence-electron chi connectivity index (χ0n) is 27.8. The summed E-state index contributed by atoms with van der Waals surface area (Å²) in [5.41, 5.74) is -4.99. The van der Waals surface area contributed by atoms with Gasteiger partial charge in [0.1, 0.15) is 0 Å². The van der Waals surface area contributed by atoms with E-state index in [-0.39, 0.29) is 42.7 Å². The Morgan fingerprint density at radius 1 is 0.941 bits per heavy atom. The molecule has 1 saturated heterocycles. The molecule has 1 aromatic rings. The van der Waals surface area contributed by atoms with E-state index < -0.39 is 67.2 Å². The highest BCUT2D eigenvalue weighted by molar-refractivity contribution is 8.76. The van der Waals surface area contributed by atoms with Gasteiger partial charge in [0.15, 0.2) is 11.6 Å². The highest BCUT2D eigenvalue weighted by Crippen LogP contribution is 2.62. The molecule has 3 aliphatic carbocycles. The second kappa shape index (κ2) is 15.6. The first kappa shape index (κ1) is 40.6. The van der Waals surface area contributed by atoms with Crippen LogP contribution in [0, 0.1) is 23.1 Å². The number of aryl methyl sites for hydroxylation is 1. The fourth-order valence-electron chi connectivity index (χ4n) is 8.63. The number of fused-ring (bicyclic) bond motifs is 5. The van der Waals surface area contributed by atoms with Crippen molar-refractivity contribution in [3.05, 3.63) is 29.1 Å². The molecule has 1 aromatic carbocycles. The van der Waals surface area contributed by atoms with Gasteiger partial charge in [-0.05, 0) is 104 Å². The molecule has 4 aliphatic rings. The summed E-state index contributed by atoms with van der Waals surface area (Å²) in [6.07, 6.45) is -17.0. The minimum Gasteiger partial charge on any atom is -0.407 e. The van der Waals surface area contributed by atoms with Gasteiger partial charge in [0, 0.05) is 37.3 Å². The first-order valence-corrected chi connectivity index (χ1v) is 19.5. The summed E-state index contributed by atoms with van der Waals surface area (Å²) in [6, 6.07) is 2.95. The molecule has 1 aliphatic heterocycles. The summed E-state index contributed by atoms with van der Waals surface area (Å²) in [5, 5.41) is 9.34. The zero-order chi connectivity index (χ0) is 37.4. The molecule has 6 nitrogen and oxygen atoms in total. The lowest BCUT2D eigenvalue weighted by atomic mass is 9.55. The maximum absolute atomic E-state index is 15.6. The van der Waals surface area contributed by atoms with Crippen LogP contribution < -0.4 is 4.74 Å². The van der Waals surface area contributed by atoms with E-state index >= 15 is 4.39 Å². The summed E-state index contributed by atoms with van der Waals surface area (Å²) < 4.78 is 149. The van der Waals surface area contributed by atoms with Crippen LogP contribution in [0.4, 0.5) is 48.7 Å². The number of ether oxygens (including phenoxy) is 3. The molecular weight excluding hydrogens is 744 g/mol. The van der Waals surface area contributed by atoms with Crippen LogP contribution in [0.2, 0.25) is 0 Å². The van der Waals surface area contributed by atoms with Gasteiger partial charge in [0.25, 0.3) is 0 Å². The van der Waals surface area contributed by atoms with Crippen LogP contribution in [0.15, 0.2) is 12.1 Å². The van der Waals surface area contributed by atoms with Crippen LogP contribution in [0.3, 0.4) is 0 Å². The van der Waals surface area contributed by atoms with Crippen molar-refractivity contribution in [2.75, 3.05) is 37.9 Å². The number of rotatable bonds is 11. The Morgan fingerprint density at radius 2 is 1.65 bits per heavy atom. The number of halogens is 10. The average Bonchev–Trinajstić information content (AvgIpc) is 3.38. The first-order chi connectivity index (χ1) is 23.9. The maximum Gasteiger partial charge on any atom is 0.435 e. The molecule has 290 valence electrons. The Morgan fingerprint density at radius 3 is 2.27 bits per heavy atom. The third-order valence-electron chi connectivity index (χ3n) is 11.1. The molecule has 1 amide bonds. The van der Waals surface area contributed by atoms with Crippen molar-refractivity contribution < 1.29 is 68.0 Å². The minimum atomic E-state index is -6.78. The molecule has 0 aromatic heterocycles. The van der Waals surface area contributed by atoms with Crippen LogP contribution >= 0.6 is 21.6 Å². The highest BCUT2D eigenvalue weighted by Gasteiger charge is 2.85. The van der Waals surface area contributed by atoms with Crippen molar-refractivity contribution in [2.24, 2.45) is 17.3 Å². The van der Waals surface area contributed by atoms with Crippen molar-refractivity contribution in [2.45, 2.75) is 107 Å². The van der Waals surface area contributed by atoms with Gasteiger partial charge in [-0.1, -0.05) is 28.5 Å². The number of aliphatic hydroxyl groups excluding tert-OH is 1. The van der Waals surface area contributed by atoms with Crippen molar-refractivity contribution in [1.29, 1.82) is 0 Å². The van der Waals surface area contributed by atoms with Crippen molar-refractivity contribution in [1.82, 2.24) is 4.90 Å². The molecule has 1 unspecified atom stereocenters. The van der Waals surface area contributed by atoms with Crippen LogP contribution in [-0.2, 0) is 15.9 Å². The van der Waals surface area contributed by atoms with Gasteiger partial charge in [0.05, 0.1) is 12.7 Å². The first-order valence-electron chi connectivity index (χ1n) is 17.0. The lowest BCUT2D eigenvalue weighted by Crippen LogP contribution is -2.67. The smallest absolute Gasteiger partial charge is 0.407 e. The maximum atomic E-state index is 15.6. The van der Waals surface area contributed by atoms with E-state index in [0.29, 0.717) is 44.3 Å². The van der Waals surface area contributed by atoms with Crippen LogP contribution in [-0.4, -0.2) is 90.2 Å². The third-order valence-corrected chi connectivity index (χ3v) is 13.6. The molecule has 6 atom stereocenters. The van der Waals surface area contributed by atoms with E-state index in [2.05, 4.69) is 4.74 Å². The van der Waals surface area contributed by atoms with Gasteiger partial charge in [0.2, 0.25) is 0 Å². The SMILES string of the molecule is C[C@]12CC[C@@H]3c4cc(F)c(OC(=O)N(CCCO)C5CCSSC5)cc4CC[C@H]3[C@@H]1CC[C@@H]2OCCCOC(C(F)(F)F)(C(F)(F)F)C(F)(F)F. The molecular formula is C33H41F10NO5S2. The van der Waals surface area contributed by atoms with E-state index in [9.17, 15) is 49.4 Å². The van der Waals surface area contributed by atoms with E-state index in [0.717, 1.165) is 29.7 Å². The lowest BCUT2D eigenvalue weighted by molar-refractivity contribution is -0.457. The Labute approximate surface area is 297 Å². The fraction of sp³-hybridized carbons (Fsp3) is 0.788. The molecule has 51 heavy (non-hydrogen) atoms. The van der Waals surface area contributed by atoms with Gasteiger partial charge >= 0.3 is 30.2 Å². The van der Waals surface area contributed by atoms with Crippen LogP contribution in [0.25, 0.3) is 0 Å². The number of hydrogen-bond acceptors (Lipinski definition) is 7. The predicted octanol–water partition coefficient (Wildman–Crippen LogP) is 9.24. The van der Waals surface area contributed by atoms with Gasteiger partial charge in [-0.2, -0.15) is 39.5 Å². The standard InChI is InChI=1S/C33H41F10NO5S2/c1-29-10-8-21-22(24(29)6-7-27(29)47-13-3-14-48-30(31(35,36)37,32(38,39)40)33(41,42)43)5-4-19-16-26(25(34)17-23(19)21)49-28(46)44(11-2-12-45)20-9-15-50-51-18-20/h16-17,20-22,24,27,45H,2-15,18H2,1H3/t20?,21-,22+,24-,27-,29-/m0/s1. The van der Waals surface area contributed by atoms with Gasteiger partial charge in [-0.25, -0.2) is 9.18 Å². The quantitative estimate of drug-likeness (QED) is 0.136. The van der Waals surface area contributed by atoms with E-state index in [1.807, 2.05) is 6.92 Å². The molecule has 0 spiro atoms. The van der Waals surface area contributed by atoms with E-state index in [4.69, 9.17) is 9.47 Å². The summed E-state index contributed by atoms with van der Waals surface area (Å²) in [5.74, 6) is 1.02. The summed E-state index contributed by atoms with van der Waals surface area (Å²) in [6.45, 7) is 0.327. The Kier molecular flexibility index (Phi) is 12.4. The van der Waals surface area contributed by atoms with Gasteiger partial charge in [-0.3, -0.25) is 0 Å². The number of benzene rings is 1. The second-order valence-corrected chi connectivity index (χ2v) is 16.6. The van der Waals surface area contributed by atoms with Crippen molar-refractivity contribution in [3.63, 3.8) is 0 Å². The molecule has 1 N–H and O–H groups in total. The predicted molar refractivity (Wildman–Crippen MR) is 170 cm³/mol. The van der Waals surface area contributed by atoms with Crippen LogP contribution in [0.5, 0.6) is 5.75 Å². The molecule has 5 rings (SSSR count). The Hall–Kier alpha value is -1.63.